The number of hydrogen-bond donors (Lipinski definition) is 4. The van der Waals surface area contributed by atoms with Gasteiger partial charge in [-0.2, -0.15) is 0 Å². The van der Waals surface area contributed by atoms with E-state index in [4.69, 9.17) is 73.5 Å². The standard InChI is InChI=1S/C37H50O7.C22H36O6.S30.S15/c1-5-35(3)20-31(39)36(4)29(23-43-32(40)24-41-21-27-12-8-6-9-13-27)16-18-37(19-17-30(38)33(36)37)26(2)34(35)44-25-42-22-28-14-10-7-11-15-28;1-5-20(3)10-16(25)21(4)14(12-28-17(26)11-23)6-8-22(13(2)19(20)27)9-7-15(24)18(21)22;1-3-5-7-9-11-13-15-17-19-21-23-25-27-29-30-28-26-24-22-20-18-16-14-12-10-8-6-4-2;1-3-5-7-9-11-13-15-14-12-10-8-6-4-2/h6-15,26,29,31,33-34,39H,5,16-25H2,1-4H3;13-14,16,18-19,23,25,27H,5-12H2,1-4H3;;/t26-,29-,31+,33?,34-,35-,36-,37-;13-,14-,16+,18?,19-,20-,21-,22-;;/m00../s1. The van der Waals surface area contributed by atoms with Crippen molar-refractivity contribution in [2.45, 2.75) is 170 Å². The molecule has 0 radical (unpaired) electrons. The van der Waals surface area contributed by atoms with E-state index in [1.165, 1.54) is 35.5 Å². The van der Waals surface area contributed by atoms with Crippen molar-refractivity contribution in [3.05, 3.63) is 71.8 Å². The molecule has 0 spiro atoms. The maximum Gasteiger partial charge on any atom is 0.332 e. The fourth-order valence-corrected chi connectivity index (χ4v) is 118. The molecule has 0 saturated heterocycles. The van der Waals surface area contributed by atoms with Crippen molar-refractivity contribution in [1.82, 2.24) is 0 Å². The lowest BCUT2D eigenvalue weighted by Gasteiger charge is -2.62. The van der Waals surface area contributed by atoms with Crippen LogP contribution >= 0.6 is 0 Å². The van der Waals surface area contributed by atoms with E-state index in [2.05, 4.69) is 34.6 Å². The second kappa shape index (κ2) is 65.9. The Morgan fingerprint density at radius 3 is 1.06 bits per heavy atom. The van der Waals surface area contributed by atoms with Crippen molar-refractivity contribution in [3.8, 4) is 0 Å². The molecule has 8 rings (SSSR count). The van der Waals surface area contributed by atoms with Crippen LogP contribution in [0.15, 0.2) is 60.7 Å². The molecule has 16 atom stereocenters. The van der Waals surface area contributed by atoms with Crippen molar-refractivity contribution in [1.29, 1.82) is 0 Å². The van der Waals surface area contributed by atoms with E-state index in [0.717, 1.165) is 62.5 Å². The molecule has 6 saturated carbocycles. The Morgan fingerprint density at radius 2 is 0.735 bits per heavy atom. The molecule has 0 heterocycles. The van der Waals surface area contributed by atoms with Crippen LogP contribution < -0.4 is 0 Å². The van der Waals surface area contributed by atoms with Gasteiger partial charge in [-0.25, -0.2) is 9.59 Å². The lowest BCUT2D eigenvalue weighted by Crippen LogP contribution is -2.64. The van der Waals surface area contributed by atoms with Gasteiger partial charge in [0.05, 0.1) is 50.8 Å². The minimum atomic E-state index is -0.774. The van der Waals surface area contributed by atoms with Gasteiger partial charge in [0, 0.05) is 456 Å². The summed E-state index contributed by atoms with van der Waals surface area (Å²) in [5.41, 5.74) is -0.715. The predicted octanol–water partition coefficient (Wildman–Crippen LogP) is 8.48. The summed E-state index contributed by atoms with van der Waals surface area (Å²) in [6.45, 7) is 17.3. The number of aliphatic hydroxyl groups is 4. The molecule has 0 amide bonds. The molecule has 4 N–H and O–H groups in total. The Hall–Kier alpha value is 6.34. The number of benzene rings is 2. The zero-order valence-corrected chi connectivity index (χ0v) is 99.6. The molecule has 0 aromatic heterocycles. The van der Waals surface area contributed by atoms with Crippen molar-refractivity contribution < 1.29 is 63.3 Å². The molecule has 58 heteroatoms. The molecule has 117 heavy (non-hydrogen) atoms. The first-order valence-corrected chi connectivity index (χ1v) is 91.6. The largest absolute Gasteiger partial charge is 0.464 e. The van der Waals surface area contributed by atoms with Crippen LogP contribution in [0.3, 0.4) is 0 Å². The molecule has 6 aliphatic carbocycles. The normalized spacial score (nSPS) is 27.7. The lowest BCUT2D eigenvalue weighted by atomic mass is 9.43. The Labute approximate surface area is 823 Å². The third-order valence-corrected chi connectivity index (χ3v) is 108. The average Bonchev–Trinajstić information content (AvgIpc) is 1.53. The van der Waals surface area contributed by atoms with Crippen molar-refractivity contribution >= 4 is 432 Å². The number of carbonyl (C=O) groups is 4. The molecule has 0 aliphatic heterocycles. The first-order chi connectivity index (χ1) is 56.5. The quantitative estimate of drug-likeness (QED) is 0.0709. The summed E-state index contributed by atoms with van der Waals surface area (Å²) in [6, 6.07) is 19.8. The molecule has 6 fully saturated rings. The van der Waals surface area contributed by atoms with Gasteiger partial charge >= 0.3 is 11.9 Å². The summed E-state index contributed by atoms with van der Waals surface area (Å²) in [4.78, 5) is 51.1. The van der Waals surface area contributed by atoms with Gasteiger partial charge in [0.2, 0.25) is 0 Å². The maximum absolute atomic E-state index is 13.8. The van der Waals surface area contributed by atoms with Crippen LogP contribution in [0.5, 0.6) is 0 Å². The van der Waals surface area contributed by atoms with E-state index in [0.29, 0.717) is 38.9 Å². The highest BCUT2D eigenvalue weighted by molar-refractivity contribution is 8.80. The highest BCUT2D eigenvalue weighted by atomic mass is 33.5. The van der Waals surface area contributed by atoms with Crippen LogP contribution in [0.1, 0.15) is 144 Å². The first-order valence-electron chi connectivity index (χ1n) is 34.2. The summed E-state index contributed by atoms with van der Waals surface area (Å²) in [5, 5.41) is 43.9. The maximum atomic E-state index is 13.8. The van der Waals surface area contributed by atoms with Crippen LogP contribution in [0, 0.1) is 68.0 Å². The molecular weight excluding hydrogens is 2360 g/mol. The van der Waals surface area contributed by atoms with E-state index < -0.39 is 53.1 Å². The number of ether oxygens (including phenoxy) is 5. The Morgan fingerprint density at radius 1 is 0.427 bits per heavy atom. The first kappa shape index (κ1) is 114. The van der Waals surface area contributed by atoms with Gasteiger partial charge in [-0.15, -0.1) is 0 Å². The van der Waals surface area contributed by atoms with Crippen molar-refractivity contribution in [3.63, 3.8) is 0 Å². The highest BCUT2D eigenvalue weighted by Gasteiger charge is 2.70. The summed E-state index contributed by atoms with van der Waals surface area (Å²) in [6.07, 6.45) is 5.87. The number of hydrogen-bond acceptors (Lipinski definition) is 17. The van der Waals surface area contributed by atoms with E-state index >= 15 is 0 Å². The predicted molar refractivity (Wildman–Crippen MR) is 602 cm³/mol. The second-order valence-electron chi connectivity index (χ2n) is 26.8. The Kier molecular flexibility index (Phi) is 64.1. The third-order valence-electron chi connectivity index (χ3n) is 21.8. The average molecular weight is 2450 g/mol. The number of carbonyl (C=O) groups excluding carboxylic acids is 4. The Bertz CT molecular complexity index is 5640. The van der Waals surface area contributed by atoms with Gasteiger partial charge in [0.25, 0.3) is 0 Å². The zero-order valence-electron chi connectivity index (χ0n) is 62.8. The van der Waals surface area contributed by atoms with E-state index in [1.807, 2.05) is 188 Å². The van der Waals surface area contributed by atoms with Gasteiger partial charge in [0.1, 0.15) is 31.6 Å². The molecule has 13 nitrogen and oxygen atoms in total. The van der Waals surface area contributed by atoms with Gasteiger partial charge in [0.15, 0.2) is 0 Å². The Balaban J connectivity index is 0.000000295. The van der Waals surface area contributed by atoms with Crippen LogP contribution in [-0.2, 0) is 465 Å². The van der Waals surface area contributed by atoms with Crippen molar-refractivity contribution in [2.75, 3.05) is 33.2 Å². The number of ketones is 2. The fraction of sp³-hybridized carbons (Fsp3) is 0.729. The molecule has 4 bridgehead atoms. The summed E-state index contributed by atoms with van der Waals surface area (Å²) >= 11 is 19.0. The van der Waals surface area contributed by atoms with Crippen LogP contribution in [0.4, 0.5) is 0 Å². The van der Waals surface area contributed by atoms with Gasteiger partial charge in [-0.3, -0.25) is 9.59 Å². The third kappa shape index (κ3) is 38.6. The number of Topliss-reactive ketones (excluding diaryl/α,β-unsaturated/α-hetero) is 2. The fourth-order valence-electron chi connectivity index (χ4n) is 16.3. The molecular formula is C59H86O13S45. The smallest absolute Gasteiger partial charge is 0.332 e. The van der Waals surface area contributed by atoms with E-state index in [-0.39, 0.29) is 96.0 Å². The lowest BCUT2D eigenvalue weighted by molar-refractivity contribution is -0.232. The number of esters is 2. The SMILES string of the molecule is CC[C@@]1(C)C[C@@H](O)[C@@]2(C)C3C(=O)CC[C@@]3(CC[C@H]2COC(=O)CO)[C@@H](C)[C@@H]1O.CC[C@@]1(C)C[C@@H](O)[C@@]2(C)C3C(=O)CC[C@@]3(CC[C@H]2COC(=O)COCc2ccccc2)[C@@H](C)[C@@H]1OCOCc1ccccc1.S=S=S=S=S=S=S=S=S=S=S=S=S=S=S.S=S=S=S=S=S=S=S=S=S=S=S=S=S=S=S=S=S=S=S=S=S=S=S=S=S=S=S=S=S. The topological polar surface area (TPSA) is 195 Å². The van der Waals surface area contributed by atoms with E-state index in [1.54, 1.807) is 222 Å². The van der Waals surface area contributed by atoms with Gasteiger partial charge in [-0.1, -0.05) is 116 Å². The van der Waals surface area contributed by atoms with E-state index in [9.17, 15) is 34.5 Å². The monoisotopic (exact) mass is 2440 g/mol. The summed E-state index contributed by atoms with van der Waals surface area (Å²) < 4.78 is 29.2. The minimum Gasteiger partial charge on any atom is -0.464 e. The molecule has 2 aromatic carbocycles. The van der Waals surface area contributed by atoms with Gasteiger partial charge < -0.3 is 44.1 Å². The van der Waals surface area contributed by atoms with Crippen LogP contribution in [-0.4, -0.2) is 102 Å². The summed E-state index contributed by atoms with van der Waals surface area (Å²) in [7, 11) is 70.8. The van der Waals surface area contributed by atoms with Crippen LogP contribution in [0.2, 0.25) is 0 Å². The highest BCUT2D eigenvalue weighted by Crippen LogP contribution is 2.70. The number of aliphatic hydroxyl groups excluding tert-OH is 4. The number of rotatable bonds is 16. The second-order valence-corrected chi connectivity index (χ2v) is 99.3. The minimum absolute atomic E-state index is 0.0401. The van der Waals surface area contributed by atoms with Crippen LogP contribution in [0.25, 0.3) is 0 Å². The molecule has 2 unspecified atom stereocenters. The summed E-state index contributed by atoms with van der Waals surface area (Å²) in [5.74, 6) is -1.60. The van der Waals surface area contributed by atoms with Crippen molar-refractivity contribution in [2.24, 2.45) is 68.0 Å². The molecule has 670 valence electrons. The molecule has 2 aromatic rings. The van der Waals surface area contributed by atoms with Gasteiger partial charge in [-0.05, 0) is 109 Å². The zero-order chi connectivity index (χ0) is 85.3. The molecule has 6 aliphatic rings.